The van der Waals surface area contributed by atoms with Crippen LogP contribution in [-0.2, 0) is 0 Å². The first-order chi connectivity index (χ1) is 6.74. The van der Waals surface area contributed by atoms with E-state index in [2.05, 4.69) is 24.1 Å². The third kappa shape index (κ3) is 3.42. The van der Waals surface area contributed by atoms with Gasteiger partial charge in [-0.25, -0.2) is 4.39 Å². The molecule has 1 atom stereocenters. The summed E-state index contributed by atoms with van der Waals surface area (Å²) in [6, 6.07) is 3.20. The molecule has 1 unspecified atom stereocenters. The normalized spacial score (nSPS) is 12.8. The summed E-state index contributed by atoms with van der Waals surface area (Å²) in [7, 11) is 0. The van der Waals surface area contributed by atoms with Crippen LogP contribution in [0.15, 0.2) is 18.3 Å². The largest absolute Gasteiger partial charge is 0.316 e. The highest BCUT2D eigenvalue weighted by Crippen LogP contribution is 2.10. The van der Waals surface area contributed by atoms with E-state index in [1.165, 1.54) is 12.3 Å². The van der Waals surface area contributed by atoms with Crippen molar-refractivity contribution in [3.8, 4) is 0 Å². The van der Waals surface area contributed by atoms with Crippen molar-refractivity contribution >= 4 is 0 Å². The van der Waals surface area contributed by atoms with E-state index in [9.17, 15) is 4.39 Å². The van der Waals surface area contributed by atoms with Crippen LogP contribution in [-0.4, -0.2) is 18.1 Å². The van der Waals surface area contributed by atoms with E-state index >= 15 is 0 Å². The molecule has 1 heterocycles. The molecule has 0 aliphatic rings. The van der Waals surface area contributed by atoms with Gasteiger partial charge in [-0.1, -0.05) is 13.8 Å². The van der Waals surface area contributed by atoms with Crippen LogP contribution in [0.4, 0.5) is 4.39 Å². The highest BCUT2D eigenvalue weighted by molar-refractivity contribution is 5.09. The van der Waals surface area contributed by atoms with Gasteiger partial charge < -0.3 is 5.32 Å². The Labute approximate surface area is 84.6 Å². The molecular weight excluding hydrogens is 179 g/mol. The smallest absolute Gasteiger partial charge is 0.141 e. The number of aromatic nitrogens is 1. The number of hydrogen-bond donors (Lipinski definition) is 1. The lowest BCUT2D eigenvalue weighted by Gasteiger charge is -2.11. The number of nitrogens with one attached hydrogen (secondary N) is 1. The Morgan fingerprint density at radius 1 is 1.50 bits per heavy atom. The predicted molar refractivity (Wildman–Crippen MR) is 55.8 cm³/mol. The zero-order valence-electron chi connectivity index (χ0n) is 8.76. The van der Waals surface area contributed by atoms with Crippen molar-refractivity contribution in [3.05, 3.63) is 29.8 Å². The molecule has 0 aliphatic heterocycles. The van der Waals surface area contributed by atoms with Crippen LogP contribution in [0.3, 0.4) is 0 Å². The Hall–Kier alpha value is -0.960. The lowest BCUT2D eigenvalue weighted by Crippen LogP contribution is -2.21. The molecule has 1 aromatic heterocycles. The van der Waals surface area contributed by atoms with Crippen molar-refractivity contribution in [1.29, 1.82) is 0 Å². The molecule has 1 rings (SSSR count). The number of hydrogen-bond acceptors (Lipinski definition) is 2. The van der Waals surface area contributed by atoms with Crippen molar-refractivity contribution in [3.63, 3.8) is 0 Å². The second kappa shape index (κ2) is 5.70. The Kier molecular flexibility index (Phi) is 4.53. The summed E-state index contributed by atoms with van der Waals surface area (Å²) in [5.41, 5.74) is 0.940. The highest BCUT2D eigenvalue weighted by atomic mass is 19.1. The lowest BCUT2D eigenvalue weighted by molar-refractivity contribution is 0.588. The summed E-state index contributed by atoms with van der Waals surface area (Å²) < 4.78 is 12.6. The molecule has 0 fully saturated rings. The van der Waals surface area contributed by atoms with Crippen molar-refractivity contribution < 1.29 is 4.39 Å². The van der Waals surface area contributed by atoms with E-state index in [4.69, 9.17) is 0 Å². The second-order valence-corrected chi connectivity index (χ2v) is 3.51. The van der Waals surface area contributed by atoms with Gasteiger partial charge >= 0.3 is 0 Å². The number of halogens is 1. The minimum Gasteiger partial charge on any atom is -0.316 e. The molecule has 0 bridgehead atoms. The molecule has 1 aromatic rings. The van der Waals surface area contributed by atoms with Gasteiger partial charge in [-0.2, -0.15) is 0 Å². The first-order valence-electron chi connectivity index (χ1n) is 5.06. The van der Waals surface area contributed by atoms with Crippen LogP contribution in [0.1, 0.15) is 31.9 Å². The SMILES string of the molecule is CCCNCC(C)c1ccc(F)cn1. The number of rotatable bonds is 5. The van der Waals surface area contributed by atoms with Gasteiger partial charge in [0.15, 0.2) is 0 Å². The van der Waals surface area contributed by atoms with Gasteiger partial charge in [0.1, 0.15) is 5.82 Å². The second-order valence-electron chi connectivity index (χ2n) is 3.51. The molecule has 0 aromatic carbocycles. The molecule has 0 radical (unpaired) electrons. The first kappa shape index (κ1) is 11.1. The van der Waals surface area contributed by atoms with Gasteiger partial charge in [0.25, 0.3) is 0 Å². The van der Waals surface area contributed by atoms with Crippen LogP contribution in [0.5, 0.6) is 0 Å². The van der Waals surface area contributed by atoms with Crippen molar-refractivity contribution in [2.45, 2.75) is 26.2 Å². The predicted octanol–water partition coefficient (Wildman–Crippen LogP) is 2.32. The molecule has 3 heteroatoms. The van der Waals surface area contributed by atoms with Gasteiger partial charge in [-0.15, -0.1) is 0 Å². The van der Waals surface area contributed by atoms with Crippen molar-refractivity contribution in [1.82, 2.24) is 10.3 Å². The maximum atomic E-state index is 12.6. The summed E-state index contributed by atoms with van der Waals surface area (Å²) in [6.07, 6.45) is 2.40. The number of pyridine rings is 1. The highest BCUT2D eigenvalue weighted by Gasteiger charge is 2.05. The van der Waals surface area contributed by atoms with Gasteiger partial charge in [0.2, 0.25) is 0 Å². The molecule has 14 heavy (non-hydrogen) atoms. The topological polar surface area (TPSA) is 24.9 Å². The van der Waals surface area contributed by atoms with E-state index in [0.717, 1.165) is 25.2 Å². The van der Waals surface area contributed by atoms with Gasteiger partial charge in [0, 0.05) is 18.2 Å². The molecule has 2 nitrogen and oxygen atoms in total. The van der Waals surface area contributed by atoms with E-state index in [0.29, 0.717) is 5.92 Å². The summed E-state index contributed by atoms with van der Waals surface area (Å²) in [6.45, 7) is 6.13. The van der Waals surface area contributed by atoms with E-state index in [1.807, 2.05) is 0 Å². The van der Waals surface area contributed by atoms with Crippen LogP contribution in [0, 0.1) is 5.82 Å². The fourth-order valence-electron chi connectivity index (χ4n) is 1.28. The molecular formula is C11H17FN2. The molecule has 0 amide bonds. The fraction of sp³-hybridized carbons (Fsp3) is 0.545. The van der Waals surface area contributed by atoms with Crippen molar-refractivity contribution in [2.75, 3.05) is 13.1 Å². The molecule has 0 saturated carbocycles. The number of nitrogens with zero attached hydrogens (tertiary/aromatic N) is 1. The van der Waals surface area contributed by atoms with E-state index in [-0.39, 0.29) is 5.82 Å². The van der Waals surface area contributed by atoms with Gasteiger partial charge in [-0.05, 0) is 25.1 Å². The van der Waals surface area contributed by atoms with Crippen LogP contribution >= 0.6 is 0 Å². The first-order valence-corrected chi connectivity index (χ1v) is 5.06. The fourth-order valence-corrected chi connectivity index (χ4v) is 1.28. The Bertz CT molecular complexity index is 258. The monoisotopic (exact) mass is 196 g/mol. The summed E-state index contributed by atoms with van der Waals surface area (Å²) in [4.78, 5) is 4.04. The maximum absolute atomic E-state index is 12.6. The molecule has 1 N–H and O–H groups in total. The maximum Gasteiger partial charge on any atom is 0.141 e. The minimum atomic E-state index is -0.275. The quantitative estimate of drug-likeness (QED) is 0.731. The minimum absolute atomic E-state index is 0.275. The summed E-state index contributed by atoms with van der Waals surface area (Å²) in [5, 5.41) is 3.31. The average Bonchev–Trinajstić information content (AvgIpc) is 2.19. The van der Waals surface area contributed by atoms with Gasteiger partial charge in [0.05, 0.1) is 6.20 Å². The van der Waals surface area contributed by atoms with Crippen LogP contribution in [0.25, 0.3) is 0 Å². The Morgan fingerprint density at radius 3 is 2.86 bits per heavy atom. The third-order valence-electron chi connectivity index (χ3n) is 2.13. The Balaban J connectivity index is 2.43. The Morgan fingerprint density at radius 2 is 2.29 bits per heavy atom. The standard InChI is InChI=1S/C11H17FN2/c1-3-6-13-7-9(2)11-5-4-10(12)8-14-11/h4-5,8-9,13H,3,6-7H2,1-2H3. The van der Waals surface area contributed by atoms with E-state index < -0.39 is 0 Å². The molecule has 78 valence electrons. The zero-order valence-corrected chi connectivity index (χ0v) is 8.76. The third-order valence-corrected chi connectivity index (χ3v) is 2.13. The lowest BCUT2D eigenvalue weighted by atomic mass is 10.1. The molecule has 0 saturated heterocycles. The average molecular weight is 196 g/mol. The summed E-state index contributed by atoms with van der Waals surface area (Å²) >= 11 is 0. The van der Waals surface area contributed by atoms with Crippen molar-refractivity contribution in [2.24, 2.45) is 0 Å². The molecule has 0 spiro atoms. The molecule has 0 aliphatic carbocycles. The van der Waals surface area contributed by atoms with Crippen LogP contribution < -0.4 is 5.32 Å². The summed E-state index contributed by atoms with van der Waals surface area (Å²) in [5.74, 6) is 0.0598. The van der Waals surface area contributed by atoms with Crippen LogP contribution in [0.2, 0.25) is 0 Å². The zero-order chi connectivity index (χ0) is 10.4. The van der Waals surface area contributed by atoms with Gasteiger partial charge in [-0.3, -0.25) is 4.98 Å². The van der Waals surface area contributed by atoms with E-state index in [1.54, 1.807) is 6.07 Å².